The minimum Gasteiger partial charge on any atom is -0.358 e. The van der Waals surface area contributed by atoms with E-state index in [0.29, 0.717) is 5.15 Å². The van der Waals surface area contributed by atoms with Crippen LogP contribution in [0.4, 0.5) is 0 Å². The Hall–Kier alpha value is -1.13. The fraction of sp³-hybridized carbons (Fsp3) is 0.400. The average Bonchev–Trinajstić information content (AvgIpc) is 2.26. The lowest BCUT2D eigenvalue weighted by Gasteiger charge is -2.14. The molecule has 5 heteroatoms. The van der Waals surface area contributed by atoms with Crippen LogP contribution in [-0.4, -0.2) is 24.5 Å². The molecular weight excluding hydrogens is 214 g/mol. The van der Waals surface area contributed by atoms with Gasteiger partial charge in [0, 0.05) is 24.8 Å². The zero-order valence-electron chi connectivity index (χ0n) is 8.75. The number of halogens is 1. The van der Waals surface area contributed by atoms with Crippen LogP contribution >= 0.6 is 11.6 Å². The summed E-state index contributed by atoms with van der Waals surface area (Å²) in [6.45, 7) is 2.20. The number of likely N-dealkylation sites (N-methyl/N-ethyl adjacent to an activating group) is 1. The second kappa shape index (κ2) is 5.68. The van der Waals surface area contributed by atoms with Gasteiger partial charge in [-0.15, -0.1) is 0 Å². The predicted octanol–water partition coefficient (Wildman–Crippen LogP) is 1.13. The maximum Gasteiger partial charge on any atom is 0.233 e. The molecule has 0 radical (unpaired) electrons. The number of hydrogen-bond acceptors (Lipinski definition) is 3. The van der Waals surface area contributed by atoms with Crippen LogP contribution in [0.3, 0.4) is 0 Å². The van der Waals surface area contributed by atoms with Crippen molar-refractivity contribution in [1.29, 1.82) is 0 Å². The van der Waals surface area contributed by atoms with Crippen molar-refractivity contribution in [3.8, 4) is 0 Å². The van der Waals surface area contributed by atoms with Crippen LogP contribution in [-0.2, 0) is 4.79 Å². The first-order chi connectivity index (χ1) is 7.15. The van der Waals surface area contributed by atoms with E-state index in [9.17, 15) is 4.79 Å². The van der Waals surface area contributed by atoms with Crippen LogP contribution in [0, 0.1) is 0 Å². The molecule has 15 heavy (non-hydrogen) atoms. The molecule has 0 aromatic carbocycles. The van der Waals surface area contributed by atoms with Crippen molar-refractivity contribution in [3.05, 3.63) is 29.0 Å². The van der Waals surface area contributed by atoms with Gasteiger partial charge >= 0.3 is 0 Å². The SMILES string of the molecule is CNC(=O)CNC(C)c1cccnc1Cl. The van der Waals surface area contributed by atoms with Crippen molar-refractivity contribution in [2.45, 2.75) is 13.0 Å². The van der Waals surface area contributed by atoms with Crippen molar-refractivity contribution in [2.75, 3.05) is 13.6 Å². The molecule has 1 rings (SSSR count). The number of nitrogens with one attached hydrogen (secondary N) is 2. The van der Waals surface area contributed by atoms with Gasteiger partial charge in [0.25, 0.3) is 0 Å². The fourth-order valence-electron chi connectivity index (χ4n) is 1.17. The third-order valence-electron chi connectivity index (χ3n) is 2.10. The molecule has 1 heterocycles. The van der Waals surface area contributed by atoms with E-state index < -0.39 is 0 Å². The van der Waals surface area contributed by atoms with E-state index in [1.54, 1.807) is 13.2 Å². The molecule has 82 valence electrons. The molecule has 0 spiro atoms. The second-order valence-corrected chi connectivity index (χ2v) is 3.52. The third kappa shape index (κ3) is 3.49. The molecule has 1 aromatic heterocycles. The van der Waals surface area contributed by atoms with Crippen molar-refractivity contribution in [1.82, 2.24) is 15.6 Å². The second-order valence-electron chi connectivity index (χ2n) is 3.16. The number of rotatable bonds is 4. The van der Waals surface area contributed by atoms with Crippen LogP contribution in [0.15, 0.2) is 18.3 Å². The number of nitrogens with zero attached hydrogens (tertiary/aromatic N) is 1. The molecule has 1 aromatic rings. The molecule has 0 aliphatic rings. The van der Waals surface area contributed by atoms with Gasteiger partial charge in [0.05, 0.1) is 6.54 Å². The van der Waals surface area contributed by atoms with Gasteiger partial charge in [-0.3, -0.25) is 4.79 Å². The van der Waals surface area contributed by atoms with Crippen LogP contribution in [0.25, 0.3) is 0 Å². The fourth-order valence-corrected chi connectivity index (χ4v) is 1.45. The summed E-state index contributed by atoms with van der Waals surface area (Å²) >= 11 is 5.92. The Morgan fingerprint density at radius 1 is 1.67 bits per heavy atom. The molecule has 4 nitrogen and oxygen atoms in total. The molecule has 0 saturated heterocycles. The Morgan fingerprint density at radius 2 is 2.40 bits per heavy atom. The van der Waals surface area contributed by atoms with Crippen molar-refractivity contribution >= 4 is 17.5 Å². The molecule has 2 N–H and O–H groups in total. The first kappa shape index (κ1) is 11.9. The van der Waals surface area contributed by atoms with E-state index in [1.165, 1.54) is 0 Å². The minimum absolute atomic E-state index is 0.00324. The number of aromatic nitrogens is 1. The van der Waals surface area contributed by atoms with E-state index in [4.69, 9.17) is 11.6 Å². The molecule has 0 fully saturated rings. The number of amides is 1. The van der Waals surface area contributed by atoms with Crippen LogP contribution in [0.2, 0.25) is 5.15 Å². The quantitative estimate of drug-likeness (QED) is 0.759. The molecule has 1 atom stereocenters. The Labute approximate surface area is 94.0 Å². The van der Waals surface area contributed by atoms with Crippen LogP contribution < -0.4 is 10.6 Å². The minimum atomic E-state index is -0.0538. The Morgan fingerprint density at radius 3 is 3.00 bits per heavy atom. The summed E-state index contributed by atoms with van der Waals surface area (Å²) < 4.78 is 0. The molecule has 1 amide bonds. The first-order valence-corrected chi connectivity index (χ1v) is 5.07. The van der Waals surface area contributed by atoms with E-state index in [1.807, 2.05) is 19.1 Å². The number of hydrogen-bond donors (Lipinski definition) is 2. The monoisotopic (exact) mass is 227 g/mol. The number of carbonyl (C=O) groups is 1. The molecule has 1 unspecified atom stereocenters. The van der Waals surface area contributed by atoms with Crippen LogP contribution in [0.1, 0.15) is 18.5 Å². The van der Waals surface area contributed by atoms with Gasteiger partial charge in [0.15, 0.2) is 0 Å². The average molecular weight is 228 g/mol. The maximum absolute atomic E-state index is 11.0. The van der Waals surface area contributed by atoms with E-state index in [-0.39, 0.29) is 18.5 Å². The summed E-state index contributed by atoms with van der Waals surface area (Å²) in [5.74, 6) is -0.0538. The van der Waals surface area contributed by atoms with Gasteiger partial charge in [-0.05, 0) is 13.0 Å². The highest BCUT2D eigenvalue weighted by Crippen LogP contribution is 2.19. The lowest BCUT2D eigenvalue weighted by Crippen LogP contribution is -2.33. The molecule has 0 aliphatic carbocycles. The molecular formula is C10H14ClN3O. The standard InChI is InChI=1S/C10H14ClN3O/c1-7(14-6-9(15)12-2)8-4-3-5-13-10(8)11/h3-5,7,14H,6H2,1-2H3,(H,12,15). The van der Waals surface area contributed by atoms with Crippen molar-refractivity contribution < 1.29 is 4.79 Å². The largest absolute Gasteiger partial charge is 0.358 e. The highest BCUT2D eigenvalue weighted by molar-refractivity contribution is 6.30. The van der Waals surface area contributed by atoms with E-state index in [2.05, 4.69) is 15.6 Å². The van der Waals surface area contributed by atoms with Gasteiger partial charge in [-0.2, -0.15) is 0 Å². The molecule has 0 saturated carbocycles. The van der Waals surface area contributed by atoms with Crippen LogP contribution in [0.5, 0.6) is 0 Å². The van der Waals surface area contributed by atoms with Gasteiger partial charge in [0.2, 0.25) is 5.91 Å². The van der Waals surface area contributed by atoms with Gasteiger partial charge in [-0.25, -0.2) is 4.98 Å². The Kier molecular flexibility index (Phi) is 4.52. The van der Waals surface area contributed by atoms with Gasteiger partial charge in [0.1, 0.15) is 5.15 Å². The normalized spacial score (nSPS) is 12.2. The summed E-state index contributed by atoms with van der Waals surface area (Å²) in [6.07, 6.45) is 1.64. The lowest BCUT2D eigenvalue weighted by molar-refractivity contribution is -0.119. The van der Waals surface area contributed by atoms with Gasteiger partial charge < -0.3 is 10.6 Å². The van der Waals surface area contributed by atoms with Crippen molar-refractivity contribution in [3.63, 3.8) is 0 Å². The zero-order valence-corrected chi connectivity index (χ0v) is 9.51. The molecule has 0 bridgehead atoms. The highest BCUT2D eigenvalue weighted by atomic mass is 35.5. The van der Waals surface area contributed by atoms with E-state index in [0.717, 1.165) is 5.56 Å². The highest BCUT2D eigenvalue weighted by Gasteiger charge is 2.10. The van der Waals surface area contributed by atoms with E-state index >= 15 is 0 Å². The summed E-state index contributed by atoms with van der Waals surface area (Å²) in [6, 6.07) is 3.71. The number of pyridine rings is 1. The third-order valence-corrected chi connectivity index (χ3v) is 2.42. The first-order valence-electron chi connectivity index (χ1n) is 4.69. The Bertz CT molecular complexity index is 343. The topological polar surface area (TPSA) is 54.0 Å². The summed E-state index contributed by atoms with van der Waals surface area (Å²) in [5.41, 5.74) is 0.892. The predicted molar refractivity (Wildman–Crippen MR) is 59.7 cm³/mol. The van der Waals surface area contributed by atoms with Gasteiger partial charge in [-0.1, -0.05) is 17.7 Å². The molecule has 0 aliphatic heterocycles. The zero-order chi connectivity index (χ0) is 11.3. The van der Waals surface area contributed by atoms with Crippen molar-refractivity contribution in [2.24, 2.45) is 0 Å². The summed E-state index contributed by atoms with van der Waals surface area (Å²) in [7, 11) is 1.60. The summed E-state index contributed by atoms with van der Waals surface area (Å²) in [4.78, 5) is 15.0. The summed E-state index contributed by atoms with van der Waals surface area (Å²) in [5, 5.41) is 6.06. The smallest absolute Gasteiger partial charge is 0.233 e. The lowest BCUT2D eigenvalue weighted by atomic mass is 10.1. The number of carbonyl (C=O) groups excluding carboxylic acids is 1. The Balaban J connectivity index is 2.57. The maximum atomic E-state index is 11.0.